The number of rotatable bonds is 3. The maximum Gasteiger partial charge on any atom is 0.133 e. The van der Waals surface area contributed by atoms with Crippen LogP contribution < -0.4 is 5.73 Å². The minimum absolute atomic E-state index is 0. The number of nitrogen functional groups attached to an aromatic ring is 1. The second-order valence-electron chi connectivity index (χ2n) is 4.23. The van der Waals surface area contributed by atoms with Gasteiger partial charge in [0.2, 0.25) is 0 Å². The van der Waals surface area contributed by atoms with Crippen molar-refractivity contribution < 1.29 is 0 Å². The zero-order valence-electron chi connectivity index (χ0n) is 10.1. The standard InChI is InChI=1S/C13H18N2S.ClH/c1-2-3-5-9-6-4-7-11-10(9)8-12(16-11)13(14)15;/h5,8H,2-4,6-7H2,1H3,(H3,14,15);1H. The Kier molecular flexibility index (Phi) is 5.22. The summed E-state index contributed by atoms with van der Waals surface area (Å²) < 4.78 is 0. The highest BCUT2D eigenvalue weighted by atomic mass is 35.5. The second kappa shape index (κ2) is 6.22. The zero-order chi connectivity index (χ0) is 11.5. The molecule has 2 rings (SSSR count). The van der Waals surface area contributed by atoms with Crippen molar-refractivity contribution in [3.05, 3.63) is 27.5 Å². The third-order valence-electron chi connectivity index (χ3n) is 2.95. The lowest BCUT2D eigenvalue weighted by atomic mass is 9.92. The highest BCUT2D eigenvalue weighted by Crippen LogP contribution is 2.36. The monoisotopic (exact) mass is 270 g/mol. The van der Waals surface area contributed by atoms with E-state index >= 15 is 0 Å². The molecule has 0 saturated heterocycles. The molecule has 17 heavy (non-hydrogen) atoms. The summed E-state index contributed by atoms with van der Waals surface area (Å²) in [6.07, 6.45) is 8.27. The molecule has 0 unspecified atom stereocenters. The Morgan fingerprint density at radius 3 is 2.94 bits per heavy atom. The largest absolute Gasteiger partial charge is 0.383 e. The van der Waals surface area contributed by atoms with Crippen LogP contribution in [-0.4, -0.2) is 5.84 Å². The lowest BCUT2D eigenvalue weighted by Crippen LogP contribution is -2.08. The molecule has 0 amide bonds. The Balaban J connectivity index is 0.00000144. The van der Waals surface area contributed by atoms with Crippen LogP contribution in [0, 0.1) is 5.41 Å². The van der Waals surface area contributed by atoms with E-state index in [0.717, 1.165) is 17.7 Å². The molecule has 0 aliphatic heterocycles. The number of aryl methyl sites for hydroxylation is 1. The first-order chi connectivity index (χ1) is 7.72. The van der Waals surface area contributed by atoms with Crippen molar-refractivity contribution in [1.82, 2.24) is 0 Å². The van der Waals surface area contributed by atoms with Gasteiger partial charge in [0.25, 0.3) is 0 Å². The predicted octanol–water partition coefficient (Wildman–Crippen LogP) is 3.97. The van der Waals surface area contributed by atoms with Gasteiger partial charge in [0.05, 0.1) is 4.88 Å². The Hall–Kier alpha value is -0.800. The van der Waals surface area contributed by atoms with Crippen LogP contribution in [0.1, 0.15) is 47.9 Å². The molecule has 1 aliphatic rings. The normalized spacial score (nSPS) is 16.4. The quantitative estimate of drug-likeness (QED) is 0.634. The van der Waals surface area contributed by atoms with Crippen LogP contribution in [0.3, 0.4) is 0 Å². The molecule has 0 fully saturated rings. The van der Waals surface area contributed by atoms with E-state index in [-0.39, 0.29) is 18.2 Å². The Labute approximate surface area is 113 Å². The van der Waals surface area contributed by atoms with Crippen LogP contribution in [0.2, 0.25) is 0 Å². The molecule has 1 heterocycles. The number of nitrogens with two attached hydrogens (primary N) is 1. The molecule has 0 bridgehead atoms. The van der Waals surface area contributed by atoms with Crippen molar-refractivity contribution in [2.45, 2.75) is 39.0 Å². The number of nitrogens with one attached hydrogen (secondary N) is 1. The fourth-order valence-electron chi connectivity index (χ4n) is 2.12. The smallest absolute Gasteiger partial charge is 0.133 e. The molecule has 1 aromatic heterocycles. The van der Waals surface area contributed by atoms with E-state index in [1.54, 1.807) is 11.3 Å². The summed E-state index contributed by atoms with van der Waals surface area (Å²) in [6.45, 7) is 2.20. The predicted molar refractivity (Wildman–Crippen MR) is 78.4 cm³/mol. The van der Waals surface area contributed by atoms with Crippen LogP contribution >= 0.6 is 23.7 Å². The molecule has 1 aromatic rings. The first-order valence-electron chi connectivity index (χ1n) is 5.89. The Morgan fingerprint density at radius 2 is 2.29 bits per heavy atom. The molecule has 0 atom stereocenters. The molecule has 94 valence electrons. The molecule has 0 spiro atoms. The van der Waals surface area contributed by atoms with Gasteiger partial charge in [-0.15, -0.1) is 23.7 Å². The lowest BCUT2D eigenvalue weighted by Gasteiger charge is -2.14. The number of hydrogen-bond donors (Lipinski definition) is 2. The molecule has 1 aliphatic carbocycles. The molecule has 0 aromatic carbocycles. The number of unbranched alkanes of at least 4 members (excludes halogenated alkanes) is 1. The van der Waals surface area contributed by atoms with E-state index in [1.165, 1.54) is 35.3 Å². The van der Waals surface area contributed by atoms with Crippen molar-refractivity contribution in [2.24, 2.45) is 5.73 Å². The van der Waals surface area contributed by atoms with E-state index in [1.807, 2.05) is 0 Å². The summed E-state index contributed by atoms with van der Waals surface area (Å²) in [6, 6.07) is 2.10. The van der Waals surface area contributed by atoms with Crippen LogP contribution in [-0.2, 0) is 6.42 Å². The van der Waals surface area contributed by atoms with Crippen molar-refractivity contribution in [3.63, 3.8) is 0 Å². The van der Waals surface area contributed by atoms with Crippen molar-refractivity contribution in [1.29, 1.82) is 5.41 Å². The fraction of sp³-hybridized carbons (Fsp3) is 0.462. The topological polar surface area (TPSA) is 49.9 Å². The van der Waals surface area contributed by atoms with Crippen LogP contribution in [0.4, 0.5) is 0 Å². The van der Waals surface area contributed by atoms with E-state index in [4.69, 9.17) is 11.1 Å². The average molecular weight is 271 g/mol. The molecular weight excluding hydrogens is 252 g/mol. The number of thiophene rings is 1. The van der Waals surface area contributed by atoms with Crippen molar-refractivity contribution >= 4 is 35.2 Å². The number of amidine groups is 1. The van der Waals surface area contributed by atoms with Gasteiger partial charge in [-0.2, -0.15) is 0 Å². The van der Waals surface area contributed by atoms with E-state index in [2.05, 4.69) is 19.1 Å². The lowest BCUT2D eigenvalue weighted by molar-refractivity contribution is 0.831. The van der Waals surface area contributed by atoms with Gasteiger partial charge >= 0.3 is 0 Å². The summed E-state index contributed by atoms with van der Waals surface area (Å²) in [7, 11) is 0. The summed E-state index contributed by atoms with van der Waals surface area (Å²) >= 11 is 1.69. The molecule has 0 radical (unpaired) electrons. The number of hydrogen-bond acceptors (Lipinski definition) is 2. The maximum absolute atomic E-state index is 7.49. The number of allylic oxidation sites excluding steroid dienone is 2. The van der Waals surface area contributed by atoms with Crippen LogP contribution in [0.25, 0.3) is 5.57 Å². The highest BCUT2D eigenvalue weighted by Gasteiger charge is 2.18. The number of halogens is 1. The van der Waals surface area contributed by atoms with Crippen LogP contribution in [0.15, 0.2) is 12.1 Å². The Morgan fingerprint density at radius 1 is 1.53 bits per heavy atom. The van der Waals surface area contributed by atoms with Crippen LogP contribution in [0.5, 0.6) is 0 Å². The first-order valence-corrected chi connectivity index (χ1v) is 6.70. The maximum atomic E-state index is 7.49. The van der Waals surface area contributed by atoms with Gasteiger partial charge in [-0.3, -0.25) is 5.41 Å². The third kappa shape index (κ3) is 3.11. The zero-order valence-corrected chi connectivity index (χ0v) is 11.7. The van der Waals surface area contributed by atoms with Gasteiger partial charge in [-0.05, 0) is 42.9 Å². The second-order valence-corrected chi connectivity index (χ2v) is 5.37. The van der Waals surface area contributed by atoms with E-state index in [0.29, 0.717) is 0 Å². The molecule has 4 heteroatoms. The molecular formula is C13H19ClN2S. The van der Waals surface area contributed by atoms with Gasteiger partial charge in [0, 0.05) is 4.88 Å². The average Bonchev–Trinajstić information content (AvgIpc) is 2.70. The van der Waals surface area contributed by atoms with E-state index < -0.39 is 0 Å². The Bertz CT molecular complexity index is 435. The van der Waals surface area contributed by atoms with Gasteiger partial charge in [-0.25, -0.2) is 0 Å². The third-order valence-corrected chi connectivity index (χ3v) is 4.18. The summed E-state index contributed by atoms with van der Waals surface area (Å²) in [5.41, 5.74) is 8.37. The fourth-order valence-corrected chi connectivity index (χ4v) is 3.22. The minimum Gasteiger partial charge on any atom is -0.383 e. The first kappa shape index (κ1) is 14.3. The summed E-state index contributed by atoms with van der Waals surface area (Å²) in [5.74, 6) is 0.203. The van der Waals surface area contributed by atoms with Crippen molar-refractivity contribution in [3.8, 4) is 0 Å². The summed E-state index contributed by atoms with van der Waals surface area (Å²) in [5, 5.41) is 7.49. The van der Waals surface area contributed by atoms with Crippen molar-refractivity contribution in [2.75, 3.05) is 0 Å². The highest BCUT2D eigenvalue weighted by molar-refractivity contribution is 7.14. The van der Waals surface area contributed by atoms with Gasteiger partial charge < -0.3 is 5.73 Å². The molecule has 3 N–H and O–H groups in total. The van der Waals surface area contributed by atoms with E-state index in [9.17, 15) is 0 Å². The van der Waals surface area contributed by atoms with Gasteiger partial charge in [0.15, 0.2) is 0 Å². The molecule has 0 saturated carbocycles. The molecule has 2 nitrogen and oxygen atoms in total. The summed E-state index contributed by atoms with van der Waals surface area (Å²) in [4.78, 5) is 2.34. The SMILES string of the molecule is CCCC=C1CCCc2sc(C(=N)N)cc21.Cl. The number of fused-ring (bicyclic) bond motifs is 1. The van der Waals surface area contributed by atoms with Gasteiger partial charge in [0.1, 0.15) is 5.84 Å². The minimum atomic E-state index is 0. The van der Waals surface area contributed by atoms with Gasteiger partial charge in [-0.1, -0.05) is 19.4 Å².